The second-order valence-corrected chi connectivity index (χ2v) is 9.63. The molecule has 192 valence electrons. The van der Waals surface area contributed by atoms with Gasteiger partial charge in [-0.3, -0.25) is 9.59 Å². The molecular weight excluding hydrogens is 460 g/mol. The molecule has 36 heavy (non-hydrogen) atoms. The Kier molecular flexibility index (Phi) is 8.29. The molecule has 0 radical (unpaired) electrons. The van der Waals surface area contributed by atoms with Crippen molar-refractivity contribution in [2.75, 3.05) is 13.6 Å². The summed E-state index contributed by atoms with van der Waals surface area (Å²) in [6.45, 7) is 8.12. The number of carbonyl (C=O) groups excluding carboxylic acids is 3. The molecule has 3 amide bonds. The van der Waals surface area contributed by atoms with Crippen LogP contribution < -0.4 is 11.1 Å². The van der Waals surface area contributed by atoms with Crippen LogP contribution in [0.2, 0.25) is 0 Å². The van der Waals surface area contributed by atoms with Crippen molar-refractivity contribution in [3.05, 3.63) is 53.3 Å². The highest BCUT2D eigenvalue weighted by molar-refractivity contribution is 6.04. The van der Waals surface area contributed by atoms with Gasteiger partial charge in [0.25, 0.3) is 5.91 Å². The second kappa shape index (κ2) is 11.2. The van der Waals surface area contributed by atoms with E-state index in [2.05, 4.69) is 22.3 Å². The summed E-state index contributed by atoms with van der Waals surface area (Å²) in [7, 11) is 1.71. The third-order valence-electron chi connectivity index (χ3n) is 5.49. The Morgan fingerprint density at radius 2 is 1.89 bits per heavy atom. The fraction of sp³-hybridized carbons (Fsp3) is 0.423. The summed E-state index contributed by atoms with van der Waals surface area (Å²) < 4.78 is 6.80. The molecule has 0 unspecified atom stereocenters. The molecule has 0 spiro atoms. The number of pyridine rings is 1. The number of primary amides is 1. The number of alkyl carbamates (subject to hydrolysis) is 1. The highest BCUT2D eigenvalue weighted by Gasteiger charge is 2.19. The van der Waals surface area contributed by atoms with E-state index in [1.807, 2.05) is 30.3 Å². The van der Waals surface area contributed by atoms with Gasteiger partial charge in [-0.05, 0) is 69.0 Å². The first-order valence-corrected chi connectivity index (χ1v) is 12.0. The first kappa shape index (κ1) is 26.7. The SMILES string of the molecule is CCc1ccnc(-n2nc(C(N)=O)c3cc(CN(C)C(=O)CCCNC(=O)OC(C)(C)C)ccc32)c1. The van der Waals surface area contributed by atoms with Crippen molar-refractivity contribution in [3.63, 3.8) is 0 Å². The number of rotatable bonds is 9. The number of nitrogens with zero attached hydrogens (tertiary/aromatic N) is 4. The molecule has 10 heteroatoms. The largest absolute Gasteiger partial charge is 0.444 e. The number of hydrogen-bond acceptors (Lipinski definition) is 6. The van der Waals surface area contributed by atoms with Crippen LogP contribution in [0.1, 0.15) is 62.2 Å². The summed E-state index contributed by atoms with van der Waals surface area (Å²) in [5, 5.41) is 7.69. The van der Waals surface area contributed by atoms with Crippen LogP contribution in [-0.2, 0) is 22.5 Å². The molecule has 3 aromatic rings. The van der Waals surface area contributed by atoms with Gasteiger partial charge in [-0.1, -0.05) is 13.0 Å². The summed E-state index contributed by atoms with van der Waals surface area (Å²) in [4.78, 5) is 42.4. The second-order valence-electron chi connectivity index (χ2n) is 9.63. The first-order chi connectivity index (χ1) is 17.0. The average molecular weight is 495 g/mol. The van der Waals surface area contributed by atoms with Crippen molar-refractivity contribution in [1.29, 1.82) is 0 Å². The van der Waals surface area contributed by atoms with Crippen molar-refractivity contribution in [3.8, 4) is 5.82 Å². The molecule has 0 saturated carbocycles. The van der Waals surface area contributed by atoms with E-state index < -0.39 is 17.6 Å². The Morgan fingerprint density at radius 1 is 1.14 bits per heavy atom. The third-order valence-corrected chi connectivity index (χ3v) is 5.49. The number of fused-ring (bicyclic) bond motifs is 1. The van der Waals surface area contributed by atoms with Gasteiger partial charge in [-0.25, -0.2) is 14.5 Å². The van der Waals surface area contributed by atoms with Crippen molar-refractivity contribution in [1.82, 2.24) is 25.0 Å². The van der Waals surface area contributed by atoms with Gasteiger partial charge >= 0.3 is 6.09 Å². The average Bonchev–Trinajstić information content (AvgIpc) is 3.20. The number of nitrogens with two attached hydrogens (primary N) is 1. The minimum Gasteiger partial charge on any atom is -0.444 e. The van der Waals surface area contributed by atoms with Crippen LogP contribution in [0.4, 0.5) is 4.79 Å². The Bertz CT molecular complexity index is 1260. The van der Waals surface area contributed by atoms with E-state index in [4.69, 9.17) is 10.5 Å². The minimum absolute atomic E-state index is 0.0625. The summed E-state index contributed by atoms with van der Waals surface area (Å²) in [5.74, 6) is -0.0937. The first-order valence-electron chi connectivity index (χ1n) is 12.0. The highest BCUT2D eigenvalue weighted by Crippen LogP contribution is 2.24. The maximum atomic E-state index is 12.6. The van der Waals surface area contributed by atoms with E-state index in [0.29, 0.717) is 36.2 Å². The van der Waals surface area contributed by atoms with Crippen LogP contribution >= 0.6 is 0 Å². The lowest BCUT2D eigenvalue weighted by atomic mass is 10.1. The number of hydrogen-bond donors (Lipinski definition) is 2. The monoisotopic (exact) mass is 494 g/mol. The predicted molar refractivity (Wildman–Crippen MR) is 137 cm³/mol. The van der Waals surface area contributed by atoms with E-state index >= 15 is 0 Å². The maximum Gasteiger partial charge on any atom is 0.407 e. The van der Waals surface area contributed by atoms with Crippen LogP contribution in [0.25, 0.3) is 16.7 Å². The molecule has 0 saturated heterocycles. The summed E-state index contributed by atoms with van der Waals surface area (Å²) in [6, 6.07) is 9.44. The fourth-order valence-corrected chi connectivity index (χ4v) is 3.71. The number of aryl methyl sites for hydroxylation is 1. The highest BCUT2D eigenvalue weighted by atomic mass is 16.6. The van der Waals surface area contributed by atoms with Crippen LogP contribution in [0.15, 0.2) is 36.5 Å². The Labute approximate surface area is 210 Å². The summed E-state index contributed by atoms with van der Waals surface area (Å²) >= 11 is 0. The van der Waals surface area contributed by atoms with Crippen molar-refractivity contribution < 1.29 is 19.1 Å². The zero-order chi connectivity index (χ0) is 26.5. The Hall–Kier alpha value is -3.95. The molecule has 0 aliphatic carbocycles. The van der Waals surface area contributed by atoms with Gasteiger partial charge in [0.2, 0.25) is 5.91 Å². The van der Waals surface area contributed by atoms with Crippen LogP contribution in [0.3, 0.4) is 0 Å². The lowest BCUT2D eigenvalue weighted by Crippen LogP contribution is -2.33. The van der Waals surface area contributed by atoms with Crippen molar-refractivity contribution >= 4 is 28.8 Å². The number of amides is 3. The molecule has 3 rings (SSSR count). The van der Waals surface area contributed by atoms with E-state index in [0.717, 1.165) is 17.5 Å². The van der Waals surface area contributed by atoms with Gasteiger partial charge in [-0.15, -0.1) is 0 Å². The van der Waals surface area contributed by atoms with Crippen LogP contribution in [0, 0.1) is 0 Å². The van der Waals surface area contributed by atoms with Gasteiger partial charge in [0.1, 0.15) is 5.60 Å². The minimum atomic E-state index is -0.635. The lowest BCUT2D eigenvalue weighted by molar-refractivity contribution is -0.130. The fourth-order valence-electron chi connectivity index (χ4n) is 3.71. The van der Waals surface area contributed by atoms with Gasteiger partial charge in [0.15, 0.2) is 11.5 Å². The standard InChI is InChI=1S/C26H34N6O4/c1-6-17-11-13-28-21(15-17)32-20-10-9-18(14-19(20)23(30-32)24(27)34)16-31(5)22(33)8-7-12-29-25(35)36-26(2,3)4/h9-11,13-15H,6-8,12,16H2,1-5H3,(H2,27,34)(H,29,35). The van der Waals surface area contributed by atoms with Gasteiger partial charge in [0, 0.05) is 38.1 Å². The molecule has 3 N–H and O–H groups in total. The molecule has 0 aliphatic heterocycles. The van der Waals surface area contributed by atoms with E-state index in [-0.39, 0.29) is 18.0 Å². The van der Waals surface area contributed by atoms with Crippen molar-refractivity contribution in [2.45, 2.75) is 59.1 Å². The van der Waals surface area contributed by atoms with Gasteiger partial charge < -0.3 is 20.7 Å². The number of carbonyl (C=O) groups is 3. The van der Waals surface area contributed by atoms with Gasteiger partial charge in [0.05, 0.1) is 5.52 Å². The van der Waals surface area contributed by atoms with Crippen molar-refractivity contribution in [2.24, 2.45) is 5.73 Å². The molecule has 0 bridgehead atoms. The predicted octanol–water partition coefficient (Wildman–Crippen LogP) is 3.35. The lowest BCUT2D eigenvalue weighted by Gasteiger charge is -2.20. The molecule has 2 heterocycles. The number of aromatic nitrogens is 3. The Balaban J connectivity index is 1.68. The van der Waals surface area contributed by atoms with E-state index in [1.54, 1.807) is 43.6 Å². The molecule has 2 aromatic heterocycles. The molecular formula is C26H34N6O4. The molecule has 10 nitrogen and oxygen atoms in total. The topological polar surface area (TPSA) is 132 Å². The van der Waals surface area contributed by atoms with Gasteiger partial charge in [-0.2, -0.15) is 5.10 Å². The van der Waals surface area contributed by atoms with Crippen LogP contribution in [-0.4, -0.2) is 56.8 Å². The molecule has 1 aromatic carbocycles. The summed E-state index contributed by atoms with van der Waals surface area (Å²) in [5.41, 5.74) is 7.83. The van der Waals surface area contributed by atoms with E-state index in [9.17, 15) is 14.4 Å². The normalized spacial score (nSPS) is 11.4. The zero-order valence-electron chi connectivity index (χ0n) is 21.5. The van der Waals surface area contributed by atoms with E-state index in [1.165, 1.54) is 0 Å². The number of ether oxygens (including phenoxy) is 1. The third kappa shape index (κ3) is 6.80. The number of benzene rings is 1. The molecule has 0 atom stereocenters. The smallest absolute Gasteiger partial charge is 0.407 e. The number of nitrogens with one attached hydrogen (secondary N) is 1. The quantitative estimate of drug-likeness (QED) is 0.439. The molecule has 0 aliphatic rings. The van der Waals surface area contributed by atoms with Crippen LogP contribution in [0.5, 0.6) is 0 Å². The Morgan fingerprint density at radius 3 is 2.56 bits per heavy atom. The zero-order valence-corrected chi connectivity index (χ0v) is 21.5. The summed E-state index contributed by atoms with van der Waals surface area (Å²) in [6.07, 6.45) is 2.82. The molecule has 0 fully saturated rings. The maximum absolute atomic E-state index is 12.6.